The van der Waals surface area contributed by atoms with Gasteiger partial charge >= 0.3 is 0 Å². The quantitative estimate of drug-likeness (QED) is 0.922. The molecule has 0 aliphatic heterocycles. The average Bonchev–Trinajstić information content (AvgIpc) is 2.38. The van der Waals surface area contributed by atoms with Crippen LogP contribution in [-0.2, 0) is 22.1 Å². The highest BCUT2D eigenvalue weighted by molar-refractivity contribution is 7.89. The Bertz CT molecular complexity index is 681. The van der Waals surface area contributed by atoms with Crippen LogP contribution in [0.15, 0.2) is 48.5 Å². The molecule has 0 bridgehead atoms. The first-order chi connectivity index (χ1) is 9.44. The van der Waals surface area contributed by atoms with E-state index in [2.05, 4.69) is 5.32 Å². The van der Waals surface area contributed by atoms with Gasteiger partial charge in [-0.25, -0.2) is 12.8 Å². The number of para-hydroxylation sites is 1. The first kappa shape index (κ1) is 14.5. The van der Waals surface area contributed by atoms with Gasteiger partial charge in [0.05, 0.1) is 5.75 Å². The van der Waals surface area contributed by atoms with E-state index in [1.165, 1.54) is 18.4 Å². The minimum absolute atomic E-state index is 0.000406. The van der Waals surface area contributed by atoms with E-state index in [1.807, 2.05) is 18.2 Å². The first-order valence-electron chi connectivity index (χ1n) is 6.18. The zero-order valence-corrected chi connectivity index (χ0v) is 12.0. The van der Waals surface area contributed by atoms with Crippen LogP contribution in [-0.4, -0.2) is 14.7 Å². The molecule has 0 unspecified atom stereocenters. The largest absolute Gasteiger partial charge is 0.381 e. The lowest BCUT2D eigenvalue weighted by atomic mass is 10.2. The van der Waals surface area contributed by atoms with Crippen LogP contribution in [0.4, 0.5) is 10.1 Å². The molecule has 0 spiro atoms. The standard InChI is InChI=1S/C15H16FNO2S/c1-20(18,19)11-13-4-2-3-5-15(13)17-10-12-6-8-14(16)9-7-12/h2-9,17H,10-11H2,1H3. The van der Waals surface area contributed by atoms with Crippen molar-refractivity contribution in [3.05, 3.63) is 65.5 Å². The van der Waals surface area contributed by atoms with E-state index >= 15 is 0 Å². The molecule has 2 rings (SSSR count). The minimum atomic E-state index is -3.08. The molecule has 2 aromatic rings. The van der Waals surface area contributed by atoms with Gasteiger partial charge in [0.1, 0.15) is 5.82 Å². The molecule has 1 N–H and O–H groups in total. The molecule has 5 heteroatoms. The fourth-order valence-corrected chi connectivity index (χ4v) is 2.72. The van der Waals surface area contributed by atoms with E-state index in [0.29, 0.717) is 6.54 Å². The smallest absolute Gasteiger partial charge is 0.151 e. The summed E-state index contributed by atoms with van der Waals surface area (Å²) in [5.41, 5.74) is 2.44. The van der Waals surface area contributed by atoms with Gasteiger partial charge in [-0.05, 0) is 29.3 Å². The molecule has 0 saturated heterocycles. The maximum absolute atomic E-state index is 12.8. The summed E-state index contributed by atoms with van der Waals surface area (Å²) in [5, 5.41) is 3.18. The van der Waals surface area contributed by atoms with Gasteiger partial charge in [-0.2, -0.15) is 0 Å². The Kier molecular flexibility index (Phi) is 4.39. The lowest BCUT2D eigenvalue weighted by Gasteiger charge is -2.11. The van der Waals surface area contributed by atoms with E-state index in [1.54, 1.807) is 18.2 Å². The molecule has 0 saturated carbocycles. The molecule has 0 aromatic heterocycles. The van der Waals surface area contributed by atoms with Crippen molar-refractivity contribution in [1.82, 2.24) is 0 Å². The third kappa shape index (κ3) is 4.35. The average molecular weight is 293 g/mol. The third-order valence-electron chi connectivity index (χ3n) is 2.83. The number of rotatable bonds is 5. The van der Waals surface area contributed by atoms with Gasteiger partial charge in [-0.1, -0.05) is 30.3 Å². The molecule has 106 valence electrons. The zero-order valence-electron chi connectivity index (χ0n) is 11.1. The second kappa shape index (κ2) is 6.05. The number of anilines is 1. The van der Waals surface area contributed by atoms with Gasteiger partial charge in [0.2, 0.25) is 0 Å². The molecule has 0 fully saturated rings. The Morgan fingerprint density at radius 1 is 1.05 bits per heavy atom. The number of sulfone groups is 1. The van der Waals surface area contributed by atoms with Crippen molar-refractivity contribution in [2.75, 3.05) is 11.6 Å². The maximum Gasteiger partial charge on any atom is 0.151 e. The molecule has 20 heavy (non-hydrogen) atoms. The minimum Gasteiger partial charge on any atom is -0.381 e. The Balaban J connectivity index is 2.11. The van der Waals surface area contributed by atoms with Gasteiger partial charge in [0.15, 0.2) is 9.84 Å². The fourth-order valence-electron chi connectivity index (χ4n) is 1.90. The van der Waals surface area contributed by atoms with Gasteiger partial charge in [-0.15, -0.1) is 0 Å². The number of halogens is 1. The van der Waals surface area contributed by atoms with E-state index < -0.39 is 9.84 Å². The first-order valence-corrected chi connectivity index (χ1v) is 8.24. The second-order valence-corrected chi connectivity index (χ2v) is 6.85. The summed E-state index contributed by atoms with van der Waals surface area (Å²) < 4.78 is 35.6. The molecular formula is C15H16FNO2S. The van der Waals surface area contributed by atoms with E-state index in [9.17, 15) is 12.8 Å². The van der Waals surface area contributed by atoms with Crippen LogP contribution in [0.3, 0.4) is 0 Å². The highest BCUT2D eigenvalue weighted by Gasteiger charge is 2.08. The summed E-state index contributed by atoms with van der Waals surface area (Å²) in [6, 6.07) is 13.5. The Morgan fingerprint density at radius 3 is 2.35 bits per heavy atom. The van der Waals surface area contributed by atoms with Crippen LogP contribution in [0, 0.1) is 5.82 Å². The highest BCUT2D eigenvalue weighted by atomic mass is 32.2. The lowest BCUT2D eigenvalue weighted by molar-refractivity contribution is 0.601. The van der Waals surface area contributed by atoms with Gasteiger partial charge in [0.25, 0.3) is 0 Å². The van der Waals surface area contributed by atoms with Crippen molar-refractivity contribution in [3.8, 4) is 0 Å². The van der Waals surface area contributed by atoms with Crippen LogP contribution < -0.4 is 5.32 Å². The molecule has 3 nitrogen and oxygen atoms in total. The van der Waals surface area contributed by atoms with Crippen LogP contribution >= 0.6 is 0 Å². The van der Waals surface area contributed by atoms with E-state index in [4.69, 9.17) is 0 Å². The van der Waals surface area contributed by atoms with E-state index in [0.717, 1.165) is 16.8 Å². The molecular weight excluding hydrogens is 277 g/mol. The third-order valence-corrected chi connectivity index (χ3v) is 3.67. The van der Waals surface area contributed by atoms with Crippen molar-refractivity contribution >= 4 is 15.5 Å². The monoisotopic (exact) mass is 293 g/mol. The number of hydrogen-bond acceptors (Lipinski definition) is 3. The van der Waals surface area contributed by atoms with Crippen molar-refractivity contribution in [3.63, 3.8) is 0 Å². The van der Waals surface area contributed by atoms with Crippen LogP contribution in [0.2, 0.25) is 0 Å². The van der Waals surface area contributed by atoms with Gasteiger partial charge < -0.3 is 5.32 Å². The Hall–Kier alpha value is -1.88. The van der Waals surface area contributed by atoms with Crippen LogP contribution in [0.5, 0.6) is 0 Å². The molecule has 0 atom stereocenters. The summed E-state index contributed by atoms with van der Waals surface area (Å²) in [6.45, 7) is 0.515. The SMILES string of the molecule is CS(=O)(=O)Cc1ccccc1NCc1ccc(F)cc1. The van der Waals surface area contributed by atoms with Crippen molar-refractivity contribution in [2.24, 2.45) is 0 Å². The molecule has 0 radical (unpaired) electrons. The van der Waals surface area contributed by atoms with E-state index in [-0.39, 0.29) is 11.6 Å². The fraction of sp³-hybridized carbons (Fsp3) is 0.200. The summed E-state index contributed by atoms with van der Waals surface area (Å²) in [6.07, 6.45) is 1.21. The summed E-state index contributed by atoms with van der Waals surface area (Å²) in [5.74, 6) is -0.272. The highest BCUT2D eigenvalue weighted by Crippen LogP contribution is 2.18. The van der Waals surface area contributed by atoms with Crippen LogP contribution in [0.1, 0.15) is 11.1 Å². The lowest BCUT2D eigenvalue weighted by Crippen LogP contribution is -2.06. The van der Waals surface area contributed by atoms with Crippen molar-refractivity contribution in [1.29, 1.82) is 0 Å². The van der Waals surface area contributed by atoms with Gasteiger partial charge in [-0.3, -0.25) is 0 Å². The normalized spacial score (nSPS) is 11.3. The zero-order chi connectivity index (χ0) is 14.6. The molecule has 0 aliphatic carbocycles. The van der Waals surface area contributed by atoms with Crippen molar-refractivity contribution in [2.45, 2.75) is 12.3 Å². The van der Waals surface area contributed by atoms with Gasteiger partial charge in [0, 0.05) is 18.5 Å². The van der Waals surface area contributed by atoms with Crippen LogP contribution in [0.25, 0.3) is 0 Å². The molecule has 0 amide bonds. The number of hydrogen-bond donors (Lipinski definition) is 1. The maximum atomic E-state index is 12.8. The second-order valence-electron chi connectivity index (χ2n) is 4.71. The van der Waals surface area contributed by atoms with Crippen molar-refractivity contribution < 1.29 is 12.8 Å². The Labute approximate surface area is 118 Å². The number of benzene rings is 2. The molecule has 0 aliphatic rings. The topological polar surface area (TPSA) is 46.2 Å². The summed E-state index contributed by atoms with van der Waals surface area (Å²) in [4.78, 5) is 0. The molecule has 2 aromatic carbocycles. The summed E-state index contributed by atoms with van der Waals surface area (Å²) in [7, 11) is -3.08. The summed E-state index contributed by atoms with van der Waals surface area (Å²) >= 11 is 0. The molecule has 0 heterocycles. The Morgan fingerprint density at radius 2 is 1.70 bits per heavy atom. The predicted octanol–water partition coefficient (Wildman–Crippen LogP) is 2.98. The predicted molar refractivity (Wildman–Crippen MR) is 78.7 cm³/mol. The number of nitrogens with one attached hydrogen (secondary N) is 1.